The van der Waals surface area contributed by atoms with E-state index in [9.17, 15) is 8.42 Å². The van der Waals surface area contributed by atoms with Crippen LogP contribution in [-0.4, -0.2) is 8.42 Å². The van der Waals surface area contributed by atoms with Crippen molar-refractivity contribution in [2.75, 3.05) is 4.90 Å². The molecule has 3 aliphatic rings. The SMILES string of the molecule is CC1CC2CC(C)CC(C1)C21c2ccccc2S(=O)(=O)c2cc(N(c3ccc(-c4ccccc4)cc3)c3ccccc3-c3ccccc3)ccc21. The summed E-state index contributed by atoms with van der Waals surface area (Å²) in [6, 6.07) is 52.3. The lowest BCUT2D eigenvalue weighted by atomic mass is 9.46. The first-order chi connectivity index (χ1) is 24.9. The van der Waals surface area contributed by atoms with E-state index in [-0.39, 0.29) is 5.41 Å². The molecule has 9 rings (SSSR count). The molecule has 2 aliphatic carbocycles. The summed E-state index contributed by atoms with van der Waals surface area (Å²) in [5, 5.41) is 0. The summed E-state index contributed by atoms with van der Waals surface area (Å²) < 4.78 is 29.8. The maximum absolute atomic E-state index is 14.9. The first-order valence-corrected chi connectivity index (χ1v) is 19.9. The molecule has 1 aliphatic heterocycles. The molecule has 1 heterocycles. The Balaban J connectivity index is 1.27. The Bertz CT molecular complexity index is 2300. The maximum Gasteiger partial charge on any atom is 0.207 e. The molecule has 0 radical (unpaired) electrons. The smallest absolute Gasteiger partial charge is 0.207 e. The summed E-state index contributed by atoms with van der Waals surface area (Å²) >= 11 is 0. The summed E-state index contributed by atoms with van der Waals surface area (Å²) in [6.07, 6.45) is 4.50. The first kappa shape index (κ1) is 32.0. The van der Waals surface area contributed by atoms with Crippen molar-refractivity contribution in [2.24, 2.45) is 23.7 Å². The van der Waals surface area contributed by atoms with E-state index in [4.69, 9.17) is 0 Å². The van der Waals surface area contributed by atoms with E-state index in [0.29, 0.717) is 33.5 Å². The van der Waals surface area contributed by atoms with Crippen LogP contribution < -0.4 is 4.90 Å². The van der Waals surface area contributed by atoms with E-state index in [2.05, 4.69) is 134 Å². The lowest BCUT2D eigenvalue weighted by Gasteiger charge is -2.59. The van der Waals surface area contributed by atoms with Crippen LogP contribution in [0.3, 0.4) is 0 Å². The fourth-order valence-electron chi connectivity index (χ4n) is 10.2. The van der Waals surface area contributed by atoms with Crippen molar-refractivity contribution >= 4 is 26.9 Å². The molecular weight excluding hydrogens is 643 g/mol. The predicted octanol–water partition coefficient (Wildman–Crippen LogP) is 12.0. The molecule has 0 N–H and O–H groups in total. The summed E-state index contributed by atoms with van der Waals surface area (Å²) in [4.78, 5) is 3.21. The molecule has 2 saturated carbocycles. The largest absolute Gasteiger partial charge is 0.310 e. The average Bonchev–Trinajstić information content (AvgIpc) is 3.16. The van der Waals surface area contributed by atoms with E-state index >= 15 is 0 Å². The fraction of sp³-hybridized carbons (Fsp3) is 0.234. The molecule has 6 aromatic carbocycles. The standard InChI is InChI=1S/C47H43NO2S/c1-32-27-37-29-33(2)30-38(28-32)47(37)42-18-10-12-20-45(42)51(49,50)46-31-40(25-26-43(46)47)48(39-23-21-35(22-24-39)34-13-5-3-6-14-34)44-19-11-9-17-41(44)36-15-7-4-8-16-36/h3-26,31-33,37-38H,27-30H2,1-2H3. The van der Waals surface area contributed by atoms with Crippen LogP contribution in [0.5, 0.6) is 0 Å². The molecule has 254 valence electrons. The summed E-state index contributed by atoms with van der Waals surface area (Å²) in [6.45, 7) is 4.78. The molecule has 6 aromatic rings. The third-order valence-corrected chi connectivity index (χ3v) is 13.9. The Morgan fingerprint density at radius 3 is 1.69 bits per heavy atom. The number of para-hydroxylation sites is 1. The molecule has 0 saturated heterocycles. The van der Waals surface area contributed by atoms with Crippen LogP contribution >= 0.6 is 0 Å². The number of hydrogen-bond acceptors (Lipinski definition) is 3. The lowest BCUT2D eigenvalue weighted by Crippen LogP contribution is -2.54. The second-order valence-electron chi connectivity index (χ2n) is 15.2. The minimum atomic E-state index is -3.79. The van der Waals surface area contributed by atoms with Gasteiger partial charge in [0.25, 0.3) is 0 Å². The van der Waals surface area contributed by atoms with Crippen molar-refractivity contribution in [3.05, 3.63) is 163 Å². The van der Waals surface area contributed by atoms with Crippen LogP contribution in [0.2, 0.25) is 0 Å². The average molecular weight is 686 g/mol. The molecular formula is C47H43NO2S. The zero-order chi connectivity index (χ0) is 34.7. The molecule has 0 atom stereocenters. The zero-order valence-corrected chi connectivity index (χ0v) is 30.1. The first-order valence-electron chi connectivity index (χ1n) is 18.4. The molecule has 3 nitrogen and oxygen atoms in total. The highest BCUT2D eigenvalue weighted by molar-refractivity contribution is 7.91. The summed E-state index contributed by atoms with van der Waals surface area (Å²) in [5.74, 6) is 2.07. The van der Waals surface area contributed by atoms with Crippen LogP contribution in [0.15, 0.2) is 161 Å². The minimum absolute atomic E-state index is 0.307. The van der Waals surface area contributed by atoms with Gasteiger partial charge in [0.2, 0.25) is 9.84 Å². The highest BCUT2D eigenvalue weighted by atomic mass is 32.2. The zero-order valence-electron chi connectivity index (χ0n) is 29.2. The molecule has 51 heavy (non-hydrogen) atoms. The molecule has 0 aromatic heterocycles. The van der Waals surface area contributed by atoms with Crippen molar-refractivity contribution in [1.29, 1.82) is 0 Å². The number of anilines is 3. The molecule has 0 amide bonds. The predicted molar refractivity (Wildman–Crippen MR) is 208 cm³/mol. The Hall–Kier alpha value is -4.93. The Morgan fingerprint density at radius 2 is 1.02 bits per heavy atom. The number of hydrogen-bond donors (Lipinski definition) is 0. The molecule has 2 bridgehead atoms. The number of sulfone groups is 1. The number of benzene rings is 6. The van der Waals surface area contributed by atoms with Gasteiger partial charge >= 0.3 is 0 Å². The van der Waals surface area contributed by atoms with Crippen LogP contribution in [0.4, 0.5) is 17.1 Å². The van der Waals surface area contributed by atoms with Gasteiger partial charge < -0.3 is 4.90 Å². The van der Waals surface area contributed by atoms with Gasteiger partial charge in [-0.2, -0.15) is 0 Å². The van der Waals surface area contributed by atoms with E-state index < -0.39 is 9.84 Å². The third kappa shape index (κ3) is 5.10. The van der Waals surface area contributed by atoms with E-state index in [1.165, 1.54) is 0 Å². The van der Waals surface area contributed by atoms with Crippen molar-refractivity contribution in [2.45, 2.75) is 54.7 Å². The van der Waals surface area contributed by atoms with Gasteiger partial charge in [0.05, 0.1) is 15.5 Å². The monoisotopic (exact) mass is 685 g/mol. The highest BCUT2D eigenvalue weighted by Gasteiger charge is 2.59. The van der Waals surface area contributed by atoms with Crippen LogP contribution in [-0.2, 0) is 15.3 Å². The topological polar surface area (TPSA) is 37.4 Å². The third-order valence-electron chi connectivity index (χ3n) is 12.1. The van der Waals surface area contributed by atoms with E-state index in [1.54, 1.807) is 0 Å². The molecule has 4 heteroatoms. The van der Waals surface area contributed by atoms with Crippen molar-refractivity contribution < 1.29 is 8.42 Å². The van der Waals surface area contributed by atoms with Gasteiger partial charge in [0.15, 0.2) is 0 Å². The number of nitrogens with zero attached hydrogens (tertiary/aromatic N) is 1. The van der Waals surface area contributed by atoms with Gasteiger partial charge in [-0.05, 0) is 114 Å². The van der Waals surface area contributed by atoms with Crippen molar-refractivity contribution in [1.82, 2.24) is 0 Å². The Morgan fingerprint density at radius 1 is 0.510 bits per heavy atom. The van der Waals surface area contributed by atoms with E-state index in [0.717, 1.165) is 76.1 Å². The van der Waals surface area contributed by atoms with Gasteiger partial charge in [0.1, 0.15) is 0 Å². The number of rotatable bonds is 5. The molecule has 1 spiro atoms. The van der Waals surface area contributed by atoms with Crippen molar-refractivity contribution in [3.8, 4) is 22.3 Å². The maximum atomic E-state index is 14.9. The second kappa shape index (κ2) is 12.4. The molecule has 2 fully saturated rings. The second-order valence-corrected chi connectivity index (χ2v) is 17.1. The van der Waals surface area contributed by atoms with Crippen molar-refractivity contribution in [3.63, 3.8) is 0 Å². The number of fused-ring (bicyclic) bond motifs is 2. The van der Waals surface area contributed by atoms with Gasteiger partial charge in [-0.1, -0.05) is 129 Å². The summed E-state index contributed by atoms with van der Waals surface area (Å²) in [5.41, 5.74) is 9.02. The minimum Gasteiger partial charge on any atom is -0.310 e. The van der Waals surface area contributed by atoms with Gasteiger partial charge in [-0.15, -0.1) is 0 Å². The van der Waals surface area contributed by atoms with E-state index in [1.807, 2.05) is 36.4 Å². The van der Waals surface area contributed by atoms with Gasteiger partial charge in [-0.3, -0.25) is 0 Å². The Labute approximate surface area is 302 Å². The Kier molecular flexibility index (Phi) is 7.77. The van der Waals surface area contributed by atoms with Gasteiger partial charge in [-0.25, -0.2) is 8.42 Å². The van der Waals surface area contributed by atoms with Crippen LogP contribution in [0.25, 0.3) is 22.3 Å². The van der Waals surface area contributed by atoms with Gasteiger partial charge in [0, 0.05) is 22.4 Å². The lowest BCUT2D eigenvalue weighted by molar-refractivity contribution is 0.0231. The normalized spacial score (nSPS) is 24.4. The van der Waals surface area contributed by atoms with Crippen LogP contribution in [0, 0.1) is 23.7 Å². The van der Waals surface area contributed by atoms with Crippen LogP contribution in [0.1, 0.15) is 50.7 Å². The molecule has 0 unspecified atom stereocenters. The fourth-order valence-corrected chi connectivity index (χ4v) is 12.0. The summed E-state index contributed by atoms with van der Waals surface area (Å²) in [7, 11) is -3.79. The highest BCUT2D eigenvalue weighted by Crippen LogP contribution is 2.64. The quantitative estimate of drug-likeness (QED) is 0.181.